The molecule has 0 saturated carbocycles. The van der Waals surface area contributed by atoms with E-state index in [9.17, 15) is 18.0 Å². The van der Waals surface area contributed by atoms with Gasteiger partial charge in [0, 0.05) is 0 Å². The molecule has 1 aliphatic heterocycles. The van der Waals surface area contributed by atoms with Crippen molar-refractivity contribution in [1.82, 2.24) is 5.32 Å². The lowest BCUT2D eigenvalue weighted by Gasteiger charge is -2.06. The van der Waals surface area contributed by atoms with Gasteiger partial charge in [-0.15, -0.1) is 0 Å². The minimum absolute atomic E-state index is 0.223. The topological polar surface area (TPSA) is 41.5 Å². The van der Waals surface area contributed by atoms with Crippen LogP contribution in [0.2, 0.25) is 10.0 Å². The Hall–Kier alpha value is -1.96. The summed E-state index contributed by atoms with van der Waals surface area (Å²) < 4.78 is 38.4. The largest absolute Gasteiger partial charge is 0.416 e. The molecule has 0 unspecified atom stereocenters. The van der Waals surface area contributed by atoms with Crippen LogP contribution in [-0.4, -0.2) is 11.1 Å². The van der Waals surface area contributed by atoms with E-state index < -0.39 is 17.6 Å². The second-order valence-corrected chi connectivity index (χ2v) is 6.99. The average molecular weight is 417 g/mol. The zero-order valence-electron chi connectivity index (χ0n) is 12.8. The van der Waals surface area contributed by atoms with Crippen LogP contribution in [0, 0.1) is 0 Å². The average Bonchev–Trinajstić information content (AvgIpc) is 2.91. The molecule has 1 heterocycles. The summed E-state index contributed by atoms with van der Waals surface area (Å²) in [5, 5.41) is 3.37. The SMILES string of the molecule is O=C1NC(=Nc2cccc(Cl)c2Cl)S/C1=C/c1cccc(C(F)(F)F)c1. The molecule has 9 heteroatoms. The molecule has 2 aromatic carbocycles. The molecule has 0 aliphatic carbocycles. The molecule has 3 nitrogen and oxygen atoms in total. The summed E-state index contributed by atoms with van der Waals surface area (Å²) in [7, 11) is 0. The van der Waals surface area contributed by atoms with E-state index in [1.54, 1.807) is 18.2 Å². The zero-order chi connectivity index (χ0) is 18.9. The molecule has 26 heavy (non-hydrogen) atoms. The molecule has 0 bridgehead atoms. The molecule has 0 radical (unpaired) electrons. The van der Waals surface area contributed by atoms with Crippen LogP contribution in [0.3, 0.4) is 0 Å². The Labute approximate surface area is 160 Å². The molecule has 3 rings (SSSR count). The second kappa shape index (κ2) is 7.34. The standard InChI is InChI=1S/C17H9Cl2F3N2OS/c18-11-5-2-6-12(14(11)19)23-16-24-15(25)13(26-16)8-9-3-1-4-10(7-9)17(20,21)22/h1-8H,(H,23,24,25)/b13-8+. The van der Waals surface area contributed by atoms with E-state index in [-0.39, 0.29) is 20.7 Å². The third-order valence-corrected chi connectivity index (χ3v) is 5.03. The van der Waals surface area contributed by atoms with Crippen LogP contribution in [0.4, 0.5) is 18.9 Å². The Morgan fingerprint density at radius 3 is 2.58 bits per heavy atom. The van der Waals surface area contributed by atoms with Gasteiger partial charge in [0.15, 0.2) is 5.17 Å². The van der Waals surface area contributed by atoms with Crippen LogP contribution in [0.25, 0.3) is 6.08 Å². The minimum Gasteiger partial charge on any atom is -0.300 e. The Morgan fingerprint density at radius 1 is 1.12 bits per heavy atom. The van der Waals surface area contributed by atoms with Gasteiger partial charge < -0.3 is 5.32 Å². The number of halogens is 5. The maximum absolute atomic E-state index is 12.8. The number of aliphatic imine (C=N–C) groups is 1. The van der Waals surface area contributed by atoms with Crippen molar-refractivity contribution in [3.8, 4) is 0 Å². The summed E-state index contributed by atoms with van der Waals surface area (Å²) in [5.41, 5.74) is -0.142. The molecule has 2 aromatic rings. The fraction of sp³-hybridized carbons (Fsp3) is 0.0588. The first-order valence-corrected chi connectivity index (χ1v) is 8.72. The number of carbonyl (C=O) groups is 1. The van der Waals surface area contributed by atoms with Gasteiger partial charge in [-0.3, -0.25) is 4.79 Å². The highest BCUT2D eigenvalue weighted by Gasteiger charge is 2.30. The van der Waals surface area contributed by atoms with Crippen molar-refractivity contribution >= 4 is 57.8 Å². The quantitative estimate of drug-likeness (QED) is 0.618. The maximum Gasteiger partial charge on any atom is 0.416 e. The number of amidine groups is 1. The predicted octanol–water partition coefficient (Wildman–Crippen LogP) is 5.90. The fourth-order valence-corrected chi connectivity index (χ4v) is 3.30. The molecule has 1 fully saturated rings. The highest BCUT2D eigenvalue weighted by Crippen LogP contribution is 2.35. The number of rotatable bonds is 2. The lowest BCUT2D eigenvalue weighted by atomic mass is 10.1. The molecule has 1 amide bonds. The minimum atomic E-state index is -4.45. The van der Waals surface area contributed by atoms with Crippen molar-refractivity contribution in [2.24, 2.45) is 4.99 Å². The highest BCUT2D eigenvalue weighted by atomic mass is 35.5. The van der Waals surface area contributed by atoms with E-state index in [0.717, 1.165) is 23.9 Å². The molecule has 0 atom stereocenters. The van der Waals surface area contributed by atoms with E-state index in [0.29, 0.717) is 10.7 Å². The first kappa shape index (κ1) is 18.8. The Balaban J connectivity index is 1.87. The normalized spacial score (nSPS) is 17.8. The van der Waals surface area contributed by atoms with Crippen LogP contribution in [0.1, 0.15) is 11.1 Å². The molecule has 0 spiro atoms. The number of nitrogens with zero attached hydrogens (tertiary/aromatic N) is 1. The van der Waals surface area contributed by atoms with Crippen LogP contribution in [-0.2, 0) is 11.0 Å². The van der Waals surface area contributed by atoms with Gasteiger partial charge in [-0.25, -0.2) is 4.99 Å². The van der Waals surface area contributed by atoms with Gasteiger partial charge in [-0.2, -0.15) is 13.2 Å². The first-order chi connectivity index (χ1) is 12.2. The fourth-order valence-electron chi connectivity index (χ4n) is 2.12. The number of nitrogens with one attached hydrogen (secondary N) is 1. The Bertz CT molecular complexity index is 942. The maximum atomic E-state index is 12.8. The van der Waals surface area contributed by atoms with Gasteiger partial charge >= 0.3 is 6.18 Å². The third kappa shape index (κ3) is 4.23. The summed E-state index contributed by atoms with van der Waals surface area (Å²) >= 11 is 13.0. The number of alkyl halides is 3. The number of hydrogen-bond donors (Lipinski definition) is 1. The van der Waals surface area contributed by atoms with Crippen molar-refractivity contribution in [3.63, 3.8) is 0 Å². The van der Waals surface area contributed by atoms with Gasteiger partial charge in [0.05, 0.1) is 26.2 Å². The van der Waals surface area contributed by atoms with Gasteiger partial charge in [0.1, 0.15) is 0 Å². The molecular formula is C17H9Cl2F3N2OS. The van der Waals surface area contributed by atoms with Crippen molar-refractivity contribution in [3.05, 3.63) is 68.5 Å². The van der Waals surface area contributed by atoms with Gasteiger partial charge in [0.2, 0.25) is 0 Å². The molecular weight excluding hydrogens is 408 g/mol. The van der Waals surface area contributed by atoms with Gasteiger partial charge in [0.25, 0.3) is 5.91 Å². The Morgan fingerprint density at radius 2 is 1.85 bits per heavy atom. The molecule has 0 aromatic heterocycles. The second-order valence-electron chi connectivity index (χ2n) is 5.18. The van der Waals surface area contributed by atoms with Crippen molar-refractivity contribution in [2.45, 2.75) is 6.18 Å². The molecule has 1 N–H and O–H groups in total. The van der Waals surface area contributed by atoms with Gasteiger partial charge in [-0.05, 0) is 47.7 Å². The van der Waals surface area contributed by atoms with Crippen molar-refractivity contribution in [2.75, 3.05) is 0 Å². The first-order valence-electron chi connectivity index (χ1n) is 7.15. The van der Waals surface area contributed by atoms with Crippen LogP contribution < -0.4 is 5.32 Å². The van der Waals surface area contributed by atoms with E-state index in [1.807, 2.05) is 0 Å². The zero-order valence-corrected chi connectivity index (χ0v) is 15.1. The third-order valence-electron chi connectivity index (χ3n) is 3.32. The Kier molecular flexibility index (Phi) is 5.32. The molecule has 1 saturated heterocycles. The summed E-state index contributed by atoms with van der Waals surface area (Å²) in [4.78, 5) is 16.5. The summed E-state index contributed by atoms with van der Waals surface area (Å²) in [6, 6.07) is 9.61. The van der Waals surface area contributed by atoms with E-state index in [2.05, 4.69) is 10.3 Å². The number of hydrogen-bond acceptors (Lipinski definition) is 3. The van der Waals surface area contributed by atoms with Crippen molar-refractivity contribution < 1.29 is 18.0 Å². The van der Waals surface area contributed by atoms with Crippen molar-refractivity contribution in [1.29, 1.82) is 0 Å². The van der Waals surface area contributed by atoms with Crippen LogP contribution >= 0.6 is 35.0 Å². The van der Waals surface area contributed by atoms with E-state index >= 15 is 0 Å². The highest BCUT2D eigenvalue weighted by molar-refractivity contribution is 8.18. The molecule has 134 valence electrons. The van der Waals surface area contributed by atoms with Gasteiger partial charge in [-0.1, -0.05) is 41.4 Å². The van der Waals surface area contributed by atoms with E-state index in [1.165, 1.54) is 18.2 Å². The number of amides is 1. The lowest BCUT2D eigenvalue weighted by Crippen LogP contribution is -2.19. The summed E-state index contributed by atoms with van der Waals surface area (Å²) in [6.07, 6.45) is -3.08. The summed E-state index contributed by atoms with van der Waals surface area (Å²) in [6.45, 7) is 0. The lowest BCUT2D eigenvalue weighted by molar-refractivity contribution is -0.137. The number of carbonyl (C=O) groups excluding carboxylic acids is 1. The molecule has 1 aliphatic rings. The predicted molar refractivity (Wildman–Crippen MR) is 98.7 cm³/mol. The number of thioether (sulfide) groups is 1. The number of benzene rings is 2. The van der Waals surface area contributed by atoms with E-state index in [4.69, 9.17) is 23.2 Å². The monoisotopic (exact) mass is 416 g/mol. The summed E-state index contributed by atoms with van der Waals surface area (Å²) in [5.74, 6) is -0.454. The smallest absolute Gasteiger partial charge is 0.300 e. The van der Waals surface area contributed by atoms with Crippen LogP contribution in [0.15, 0.2) is 52.4 Å². The van der Waals surface area contributed by atoms with Crippen LogP contribution in [0.5, 0.6) is 0 Å².